The summed E-state index contributed by atoms with van der Waals surface area (Å²) in [6.07, 6.45) is 2.74. The lowest BCUT2D eigenvalue weighted by molar-refractivity contribution is 0.299. The van der Waals surface area contributed by atoms with Crippen LogP contribution in [0, 0.1) is 0 Å². The van der Waals surface area contributed by atoms with Gasteiger partial charge in [-0.2, -0.15) is 0 Å². The number of ether oxygens (including phenoxy) is 1. The van der Waals surface area contributed by atoms with Gasteiger partial charge in [0.25, 0.3) is 0 Å². The highest BCUT2D eigenvalue weighted by molar-refractivity contribution is 5.20. The van der Waals surface area contributed by atoms with E-state index in [9.17, 15) is 0 Å². The molecule has 0 saturated carbocycles. The lowest BCUT2D eigenvalue weighted by atomic mass is 10.3. The van der Waals surface area contributed by atoms with E-state index in [0.29, 0.717) is 0 Å². The van der Waals surface area contributed by atoms with Gasteiger partial charge in [-0.1, -0.05) is 18.2 Å². The molecular weight excluding hydrogens is 212 g/mol. The van der Waals surface area contributed by atoms with Crippen LogP contribution in [0.25, 0.3) is 0 Å². The summed E-state index contributed by atoms with van der Waals surface area (Å²) in [6, 6.07) is 9.97. The summed E-state index contributed by atoms with van der Waals surface area (Å²) in [5.41, 5.74) is 0. The number of para-hydroxylation sites is 1. The molecule has 1 N–H and O–H groups in total. The zero-order valence-electron chi connectivity index (χ0n) is 10.4. The molecule has 0 spiro atoms. The zero-order chi connectivity index (χ0) is 11.8. The molecule has 1 aliphatic heterocycles. The van der Waals surface area contributed by atoms with Crippen molar-refractivity contribution in [2.45, 2.75) is 12.8 Å². The zero-order valence-corrected chi connectivity index (χ0v) is 10.4. The summed E-state index contributed by atoms with van der Waals surface area (Å²) in [5, 5.41) is 3.42. The number of benzene rings is 1. The van der Waals surface area contributed by atoms with Gasteiger partial charge in [0.05, 0.1) is 0 Å². The quantitative estimate of drug-likeness (QED) is 0.727. The fraction of sp³-hybridized carbons (Fsp3) is 0.571. The molecule has 1 fully saturated rings. The Morgan fingerprint density at radius 2 is 1.82 bits per heavy atom. The predicted molar refractivity (Wildman–Crippen MR) is 70.5 cm³/mol. The van der Waals surface area contributed by atoms with Crippen molar-refractivity contribution in [1.29, 1.82) is 0 Å². The molecule has 1 saturated heterocycles. The predicted octanol–water partition coefficient (Wildman–Crippen LogP) is 1.75. The Bertz CT molecular complexity index is 296. The van der Waals surface area contributed by atoms with E-state index in [1.165, 1.54) is 32.5 Å². The molecule has 0 unspecified atom stereocenters. The number of nitrogens with one attached hydrogen (secondary N) is 1. The minimum absolute atomic E-state index is 0.740. The van der Waals surface area contributed by atoms with E-state index in [4.69, 9.17) is 4.74 Å². The summed E-state index contributed by atoms with van der Waals surface area (Å²) < 4.78 is 5.60. The molecule has 3 heteroatoms. The maximum absolute atomic E-state index is 5.60. The van der Waals surface area contributed by atoms with Gasteiger partial charge in [0.2, 0.25) is 0 Å². The summed E-state index contributed by atoms with van der Waals surface area (Å²) in [6.45, 7) is 6.46. The van der Waals surface area contributed by atoms with E-state index in [1.807, 2.05) is 30.3 Å². The summed E-state index contributed by atoms with van der Waals surface area (Å²) in [7, 11) is 0. The summed E-state index contributed by atoms with van der Waals surface area (Å²) >= 11 is 0. The molecule has 1 aliphatic rings. The van der Waals surface area contributed by atoms with Crippen molar-refractivity contribution in [3.63, 3.8) is 0 Å². The number of likely N-dealkylation sites (tertiary alicyclic amines) is 1. The van der Waals surface area contributed by atoms with E-state index in [0.717, 1.165) is 25.4 Å². The van der Waals surface area contributed by atoms with Crippen molar-refractivity contribution in [3.8, 4) is 5.75 Å². The van der Waals surface area contributed by atoms with Crippen LogP contribution < -0.4 is 10.1 Å². The number of hydrogen-bond donors (Lipinski definition) is 1. The smallest absolute Gasteiger partial charge is 0.119 e. The minimum atomic E-state index is 0.740. The van der Waals surface area contributed by atoms with Crippen LogP contribution in [0.3, 0.4) is 0 Å². The monoisotopic (exact) mass is 234 g/mol. The number of rotatable bonds is 7. The average Bonchev–Trinajstić information content (AvgIpc) is 2.88. The molecule has 0 aromatic heterocycles. The van der Waals surface area contributed by atoms with Gasteiger partial charge in [-0.25, -0.2) is 0 Å². The second kappa shape index (κ2) is 7.30. The van der Waals surface area contributed by atoms with Gasteiger partial charge in [0, 0.05) is 19.6 Å². The Labute approximate surface area is 104 Å². The van der Waals surface area contributed by atoms with Crippen molar-refractivity contribution in [2.75, 3.05) is 39.3 Å². The maximum atomic E-state index is 5.60. The molecular formula is C14H22N2O. The van der Waals surface area contributed by atoms with Crippen LogP contribution >= 0.6 is 0 Å². The van der Waals surface area contributed by atoms with Crippen molar-refractivity contribution in [3.05, 3.63) is 30.3 Å². The van der Waals surface area contributed by atoms with Crippen LogP contribution in [0.4, 0.5) is 0 Å². The molecule has 1 heterocycles. The van der Waals surface area contributed by atoms with Crippen molar-refractivity contribution in [2.24, 2.45) is 0 Å². The van der Waals surface area contributed by atoms with Crippen LogP contribution in [0.5, 0.6) is 5.75 Å². The van der Waals surface area contributed by atoms with Gasteiger partial charge in [-0.15, -0.1) is 0 Å². The second-order valence-corrected chi connectivity index (χ2v) is 4.46. The molecule has 0 amide bonds. The third-order valence-electron chi connectivity index (χ3n) is 3.09. The van der Waals surface area contributed by atoms with E-state index in [2.05, 4.69) is 10.2 Å². The van der Waals surface area contributed by atoms with Gasteiger partial charge in [0.15, 0.2) is 0 Å². The third-order valence-corrected chi connectivity index (χ3v) is 3.09. The first-order valence-corrected chi connectivity index (χ1v) is 6.56. The average molecular weight is 234 g/mol. The first-order chi connectivity index (χ1) is 8.45. The summed E-state index contributed by atoms with van der Waals surface area (Å²) in [5.74, 6) is 0.953. The first-order valence-electron chi connectivity index (χ1n) is 6.56. The van der Waals surface area contributed by atoms with Crippen LogP contribution in [0.1, 0.15) is 12.8 Å². The highest BCUT2D eigenvalue weighted by atomic mass is 16.5. The SMILES string of the molecule is c1ccc(OCCNCCN2CCCC2)cc1. The highest BCUT2D eigenvalue weighted by Gasteiger charge is 2.09. The number of hydrogen-bond acceptors (Lipinski definition) is 3. The lowest BCUT2D eigenvalue weighted by Gasteiger charge is -2.14. The lowest BCUT2D eigenvalue weighted by Crippen LogP contribution is -2.32. The second-order valence-electron chi connectivity index (χ2n) is 4.46. The van der Waals surface area contributed by atoms with Crippen molar-refractivity contribution < 1.29 is 4.74 Å². The standard InChI is InChI=1S/C14H22N2O/c1-2-6-14(7-3-1)17-13-9-15-8-12-16-10-4-5-11-16/h1-3,6-7,15H,4-5,8-13H2. The van der Waals surface area contributed by atoms with E-state index >= 15 is 0 Å². The highest BCUT2D eigenvalue weighted by Crippen LogP contribution is 2.07. The first kappa shape index (κ1) is 12.4. The third kappa shape index (κ3) is 4.75. The van der Waals surface area contributed by atoms with Crippen molar-refractivity contribution in [1.82, 2.24) is 10.2 Å². The van der Waals surface area contributed by atoms with E-state index in [-0.39, 0.29) is 0 Å². The molecule has 1 aromatic rings. The molecule has 94 valence electrons. The maximum Gasteiger partial charge on any atom is 0.119 e. The molecule has 0 aliphatic carbocycles. The van der Waals surface area contributed by atoms with Gasteiger partial charge in [0.1, 0.15) is 12.4 Å². The fourth-order valence-corrected chi connectivity index (χ4v) is 2.13. The Morgan fingerprint density at radius 3 is 2.59 bits per heavy atom. The van der Waals surface area contributed by atoms with Crippen LogP contribution in [0.2, 0.25) is 0 Å². The number of nitrogens with zero attached hydrogens (tertiary/aromatic N) is 1. The Balaban J connectivity index is 1.46. The van der Waals surface area contributed by atoms with Gasteiger partial charge < -0.3 is 15.0 Å². The molecule has 1 aromatic carbocycles. The van der Waals surface area contributed by atoms with Gasteiger partial charge in [-0.3, -0.25) is 0 Å². The topological polar surface area (TPSA) is 24.5 Å². The Morgan fingerprint density at radius 1 is 1.06 bits per heavy atom. The molecule has 2 rings (SSSR count). The van der Waals surface area contributed by atoms with Crippen LogP contribution in [-0.4, -0.2) is 44.2 Å². The molecule has 0 atom stereocenters. The molecule has 17 heavy (non-hydrogen) atoms. The van der Waals surface area contributed by atoms with E-state index in [1.54, 1.807) is 0 Å². The minimum Gasteiger partial charge on any atom is -0.492 e. The fourth-order valence-electron chi connectivity index (χ4n) is 2.13. The Kier molecular flexibility index (Phi) is 5.33. The summed E-state index contributed by atoms with van der Waals surface area (Å²) in [4.78, 5) is 2.52. The van der Waals surface area contributed by atoms with Gasteiger partial charge >= 0.3 is 0 Å². The van der Waals surface area contributed by atoms with Gasteiger partial charge in [-0.05, 0) is 38.1 Å². The van der Waals surface area contributed by atoms with Crippen LogP contribution in [0.15, 0.2) is 30.3 Å². The van der Waals surface area contributed by atoms with Crippen molar-refractivity contribution >= 4 is 0 Å². The largest absolute Gasteiger partial charge is 0.492 e. The van der Waals surface area contributed by atoms with E-state index < -0.39 is 0 Å². The normalized spacial score (nSPS) is 16.2. The molecule has 0 bridgehead atoms. The van der Waals surface area contributed by atoms with Crippen LogP contribution in [-0.2, 0) is 0 Å². The Hall–Kier alpha value is -1.06. The molecule has 0 radical (unpaired) electrons. The molecule has 3 nitrogen and oxygen atoms in total.